The summed E-state index contributed by atoms with van der Waals surface area (Å²) >= 11 is 12.0. The van der Waals surface area contributed by atoms with Crippen LogP contribution in [0.1, 0.15) is 11.1 Å². The van der Waals surface area contributed by atoms with Crippen molar-refractivity contribution in [1.29, 1.82) is 0 Å². The summed E-state index contributed by atoms with van der Waals surface area (Å²) in [5, 5.41) is 3.52. The van der Waals surface area contributed by atoms with Crippen molar-refractivity contribution in [3.8, 4) is 0 Å². The predicted molar refractivity (Wildman–Crippen MR) is 87.9 cm³/mol. The van der Waals surface area contributed by atoms with E-state index in [1.165, 1.54) is 12.4 Å². The summed E-state index contributed by atoms with van der Waals surface area (Å²) in [4.78, 5) is 15.4. The number of pyridine rings is 1. The largest absolute Gasteiger partial charge is 0.445 e. The highest BCUT2D eigenvalue weighted by atomic mass is 35.5. The van der Waals surface area contributed by atoms with E-state index in [4.69, 9.17) is 27.9 Å². The van der Waals surface area contributed by atoms with Gasteiger partial charge in [0, 0.05) is 24.5 Å². The molecule has 0 aliphatic rings. The molecule has 2 aromatic rings. The molecule has 1 amide bonds. The Labute approximate surface area is 138 Å². The monoisotopic (exact) mass is 336 g/mol. The molecule has 2 rings (SSSR count). The fourth-order valence-electron chi connectivity index (χ4n) is 1.67. The standard InChI is InChI=1S/C16H14Cl2N2O2/c17-14-9-19-10-15(18)13(14)7-4-8-20-16(21)22-11-12-5-2-1-3-6-12/h1-7,9-10H,8,11H2,(H,20,21). The van der Waals surface area contributed by atoms with Crippen LogP contribution in [0.3, 0.4) is 0 Å². The number of nitrogens with one attached hydrogen (secondary N) is 1. The molecule has 0 radical (unpaired) electrons. The minimum absolute atomic E-state index is 0.235. The van der Waals surface area contributed by atoms with Crippen molar-refractivity contribution >= 4 is 35.4 Å². The number of benzene rings is 1. The Morgan fingerprint density at radius 3 is 2.55 bits per heavy atom. The van der Waals surface area contributed by atoms with Gasteiger partial charge in [0.1, 0.15) is 6.61 Å². The van der Waals surface area contributed by atoms with Crippen LogP contribution in [-0.4, -0.2) is 17.6 Å². The van der Waals surface area contributed by atoms with Gasteiger partial charge in [-0.3, -0.25) is 4.98 Å². The predicted octanol–water partition coefficient (Wildman–Crippen LogP) is 4.33. The molecule has 0 saturated carbocycles. The topological polar surface area (TPSA) is 51.2 Å². The van der Waals surface area contributed by atoms with Gasteiger partial charge in [0.05, 0.1) is 10.0 Å². The molecule has 0 fully saturated rings. The zero-order valence-electron chi connectivity index (χ0n) is 11.6. The zero-order valence-corrected chi connectivity index (χ0v) is 13.1. The van der Waals surface area contributed by atoms with E-state index in [0.717, 1.165) is 5.56 Å². The molecule has 22 heavy (non-hydrogen) atoms. The van der Waals surface area contributed by atoms with Crippen LogP contribution in [0.2, 0.25) is 10.0 Å². The fraction of sp³-hybridized carbons (Fsp3) is 0.125. The van der Waals surface area contributed by atoms with E-state index < -0.39 is 6.09 Å². The molecule has 114 valence electrons. The van der Waals surface area contributed by atoms with E-state index in [2.05, 4.69) is 10.3 Å². The number of hydrogen-bond donors (Lipinski definition) is 1. The van der Waals surface area contributed by atoms with Gasteiger partial charge < -0.3 is 10.1 Å². The summed E-state index contributed by atoms with van der Waals surface area (Å²) in [7, 11) is 0. The van der Waals surface area contributed by atoms with E-state index >= 15 is 0 Å². The van der Waals surface area contributed by atoms with Gasteiger partial charge in [0.15, 0.2) is 0 Å². The Balaban J connectivity index is 1.76. The Morgan fingerprint density at radius 1 is 1.18 bits per heavy atom. The molecule has 0 unspecified atom stereocenters. The molecule has 1 N–H and O–H groups in total. The number of hydrogen-bond acceptors (Lipinski definition) is 3. The van der Waals surface area contributed by atoms with Crippen LogP contribution in [0.15, 0.2) is 48.8 Å². The molecule has 1 aromatic carbocycles. The molecule has 0 spiro atoms. The molecule has 0 aliphatic carbocycles. The Kier molecular flexibility index (Phi) is 6.25. The third kappa shape index (κ3) is 5.06. The second-order valence-electron chi connectivity index (χ2n) is 4.36. The van der Waals surface area contributed by atoms with E-state index in [1.807, 2.05) is 30.3 Å². The summed E-state index contributed by atoms with van der Waals surface area (Å²) in [5.41, 5.74) is 1.60. The van der Waals surface area contributed by atoms with Crippen LogP contribution in [0, 0.1) is 0 Å². The summed E-state index contributed by atoms with van der Waals surface area (Å²) in [6.07, 6.45) is 5.99. The summed E-state index contributed by atoms with van der Waals surface area (Å²) in [6.45, 7) is 0.543. The molecule has 4 nitrogen and oxygen atoms in total. The second-order valence-corrected chi connectivity index (χ2v) is 5.18. The lowest BCUT2D eigenvalue weighted by atomic mass is 10.2. The number of amides is 1. The van der Waals surface area contributed by atoms with Crippen LogP contribution in [0.25, 0.3) is 6.08 Å². The van der Waals surface area contributed by atoms with Crippen molar-refractivity contribution in [3.05, 3.63) is 70.0 Å². The number of nitrogens with zero attached hydrogens (tertiary/aromatic N) is 1. The third-order valence-corrected chi connectivity index (χ3v) is 3.35. The van der Waals surface area contributed by atoms with Crippen LogP contribution < -0.4 is 5.32 Å². The quantitative estimate of drug-likeness (QED) is 0.884. The molecule has 1 heterocycles. The van der Waals surface area contributed by atoms with Crippen molar-refractivity contribution in [2.45, 2.75) is 6.61 Å². The summed E-state index contributed by atoms with van der Waals surface area (Å²) in [6, 6.07) is 9.47. The number of halogens is 2. The van der Waals surface area contributed by atoms with Crippen LogP contribution >= 0.6 is 23.2 Å². The Hall–Kier alpha value is -2.04. The van der Waals surface area contributed by atoms with Crippen molar-refractivity contribution in [2.75, 3.05) is 6.54 Å². The first-order chi connectivity index (χ1) is 10.7. The number of carbonyl (C=O) groups excluding carboxylic acids is 1. The zero-order chi connectivity index (χ0) is 15.8. The van der Waals surface area contributed by atoms with E-state index in [-0.39, 0.29) is 6.61 Å². The lowest BCUT2D eigenvalue weighted by molar-refractivity contribution is 0.141. The SMILES string of the molecule is O=C(NCC=Cc1c(Cl)cncc1Cl)OCc1ccccc1. The summed E-state index contributed by atoms with van der Waals surface area (Å²) in [5.74, 6) is 0. The minimum Gasteiger partial charge on any atom is -0.445 e. The molecular weight excluding hydrogens is 323 g/mol. The van der Waals surface area contributed by atoms with Crippen LogP contribution in [0.5, 0.6) is 0 Å². The van der Waals surface area contributed by atoms with Gasteiger partial charge in [-0.25, -0.2) is 4.79 Å². The molecule has 0 atom stereocenters. The van der Waals surface area contributed by atoms with Crippen molar-refractivity contribution < 1.29 is 9.53 Å². The van der Waals surface area contributed by atoms with E-state index in [1.54, 1.807) is 12.2 Å². The van der Waals surface area contributed by atoms with Crippen molar-refractivity contribution in [2.24, 2.45) is 0 Å². The first-order valence-electron chi connectivity index (χ1n) is 6.57. The maximum atomic E-state index is 11.5. The molecule has 0 saturated heterocycles. The number of carbonyl (C=O) groups is 1. The number of rotatable bonds is 5. The van der Waals surface area contributed by atoms with Gasteiger partial charge in [-0.2, -0.15) is 0 Å². The van der Waals surface area contributed by atoms with Gasteiger partial charge in [0.25, 0.3) is 0 Å². The average Bonchev–Trinajstić information content (AvgIpc) is 2.53. The second kappa shape index (κ2) is 8.41. The maximum Gasteiger partial charge on any atom is 0.407 e. The average molecular weight is 337 g/mol. The lowest BCUT2D eigenvalue weighted by Crippen LogP contribution is -2.24. The van der Waals surface area contributed by atoms with Crippen molar-refractivity contribution in [1.82, 2.24) is 10.3 Å². The van der Waals surface area contributed by atoms with Crippen LogP contribution in [-0.2, 0) is 11.3 Å². The maximum absolute atomic E-state index is 11.5. The van der Waals surface area contributed by atoms with Gasteiger partial charge in [-0.1, -0.05) is 65.7 Å². The Bertz CT molecular complexity index is 640. The third-order valence-electron chi connectivity index (χ3n) is 2.75. The Morgan fingerprint density at radius 2 is 1.86 bits per heavy atom. The van der Waals surface area contributed by atoms with Gasteiger partial charge in [-0.05, 0) is 5.56 Å². The van der Waals surface area contributed by atoms with E-state index in [0.29, 0.717) is 22.2 Å². The highest BCUT2D eigenvalue weighted by molar-refractivity contribution is 6.36. The van der Waals surface area contributed by atoms with Gasteiger partial charge >= 0.3 is 6.09 Å². The molecular formula is C16H14Cl2N2O2. The molecule has 6 heteroatoms. The molecule has 0 bridgehead atoms. The first kappa shape index (κ1) is 16.3. The smallest absolute Gasteiger partial charge is 0.407 e. The summed E-state index contributed by atoms with van der Waals surface area (Å²) < 4.78 is 5.08. The number of alkyl carbamates (subject to hydrolysis) is 1. The highest BCUT2D eigenvalue weighted by Gasteiger charge is 2.03. The van der Waals surface area contributed by atoms with Crippen molar-refractivity contribution in [3.63, 3.8) is 0 Å². The normalized spacial score (nSPS) is 10.6. The number of ether oxygens (including phenoxy) is 1. The fourth-order valence-corrected chi connectivity index (χ4v) is 2.16. The van der Waals surface area contributed by atoms with Gasteiger partial charge in [-0.15, -0.1) is 0 Å². The first-order valence-corrected chi connectivity index (χ1v) is 7.32. The van der Waals surface area contributed by atoms with Gasteiger partial charge in [0.2, 0.25) is 0 Å². The van der Waals surface area contributed by atoms with E-state index in [9.17, 15) is 4.79 Å². The molecule has 0 aliphatic heterocycles. The highest BCUT2D eigenvalue weighted by Crippen LogP contribution is 2.23. The number of aromatic nitrogens is 1. The van der Waals surface area contributed by atoms with Crippen LogP contribution in [0.4, 0.5) is 4.79 Å². The lowest BCUT2D eigenvalue weighted by Gasteiger charge is -2.05. The molecule has 1 aromatic heterocycles. The minimum atomic E-state index is -0.486.